The summed E-state index contributed by atoms with van der Waals surface area (Å²) in [6.07, 6.45) is 6.12. The molecule has 0 radical (unpaired) electrons. The average molecular weight is 409 g/mol. The summed E-state index contributed by atoms with van der Waals surface area (Å²) in [6.45, 7) is -1.54. The van der Waals surface area contributed by atoms with Crippen LogP contribution in [0, 0.1) is 23.2 Å². The van der Waals surface area contributed by atoms with Crippen molar-refractivity contribution in [2.45, 2.75) is 56.6 Å². The van der Waals surface area contributed by atoms with Gasteiger partial charge in [0.05, 0.1) is 19.4 Å². The Morgan fingerprint density at radius 3 is 1.85 bits per heavy atom. The van der Waals surface area contributed by atoms with Gasteiger partial charge >= 0.3 is 17.2 Å². The first-order chi connectivity index (χ1) is 12.5. The van der Waals surface area contributed by atoms with Crippen molar-refractivity contribution in [2.24, 2.45) is 23.2 Å². The molecule has 4 bridgehead atoms. The van der Waals surface area contributed by atoms with Crippen LogP contribution in [0.25, 0.3) is 0 Å². The maximum Gasteiger partial charge on any atom is 0.367 e. The quantitative estimate of drug-likeness (QED) is 0.446. The van der Waals surface area contributed by atoms with Crippen molar-refractivity contribution in [2.75, 3.05) is 13.2 Å². The molecule has 4 aliphatic rings. The Hall–Kier alpha value is -1.29. The second-order valence-electron chi connectivity index (χ2n) is 8.33. The fourth-order valence-corrected chi connectivity index (χ4v) is 5.49. The van der Waals surface area contributed by atoms with E-state index in [1.807, 2.05) is 0 Å². The molecular weight excluding hydrogens is 386 g/mol. The predicted octanol–water partition coefficient (Wildman–Crippen LogP) is 2.21. The first-order valence-corrected chi connectivity index (χ1v) is 10.5. The van der Waals surface area contributed by atoms with Gasteiger partial charge in [-0.15, -0.1) is 0 Å². The minimum Gasteiger partial charge on any atom is -0.743 e. The standard InChI is InChI=1S/C17H24F2O7S/c18-17(19,27(22,23)24)10-26-15(21)2-1-14(20)25-9-16-6-11-3-12(7-16)5-13(4-11)8-16/h11-13H,1-10H2,(H,22,23,24)/p-1. The van der Waals surface area contributed by atoms with E-state index in [9.17, 15) is 31.3 Å². The summed E-state index contributed by atoms with van der Waals surface area (Å²) in [5.41, 5.74) is 0.0372. The topological polar surface area (TPSA) is 110 Å². The molecule has 27 heavy (non-hydrogen) atoms. The van der Waals surface area contributed by atoms with Crippen molar-refractivity contribution < 1.29 is 40.8 Å². The second-order valence-corrected chi connectivity index (χ2v) is 9.84. The zero-order valence-corrected chi connectivity index (χ0v) is 15.6. The smallest absolute Gasteiger partial charge is 0.367 e. The molecule has 10 heteroatoms. The van der Waals surface area contributed by atoms with Gasteiger partial charge in [-0.2, -0.15) is 8.78 Å². The molecule has 0 aromatic rings. The van der Waals surface area contributed by atoms with Crippen molar-refractivity contribution in [3.63, 3.8) is 0 Å². The van der Waals surface area contributed by atoms with Crippen molar-refractivity contribution in [3.8, 4) is 0 Å². The van der Waals surface area contributed by atoms with E-state index in [-0.39, 0.29) is 11.8 Å². The van der Waals surface area contributed by atoms with Gasteiger partial charge in [-0.1, -0.05) is 0 Å². The lowest BCUT2D eigenvalue weighted by Gasteiger charge is -2.56. The Balaban J connectivity index is 1.38. The van der Waals surface area contributed by atoms with Crippen molar-refractivity contribution in [1.29, 1.82) is 0 Å². The number of ether oxygens (including phenoxy) is 2. The van der Waals surface area contributed by atoms with Crippen LogP contribution in [0.15, 0.2) is 0 Å². The molecule has 0 atom stereocenters. The van der Waals surface area contributed by atoms with Gasteiger partial charge in [0, 0.05) is 5.41 Å². The van der Waals surface area contributed by atoms with Crippen LogP contribution in [0.4, 0.5) is 8.78 Å². The molecular formula is C17H23F2O7S-. The van der Waals surface area contributed by atoms with E-state index < -0.39 is 40.3 Å². The highest BCUT2D eigenvalue weighted by molar-refractivity contribution is 7.86. The van der Waals surface area contributed by atoms with Crippen LogP contribution < -0.4 is 0 Å². The number of hydrogen-bond donors (Lipinski definition) is 0. The number of alkyl halides is 2. The van der Waals surface area contributed by atoms with Gasteiger partial charge in [0.1, 0.15) is 0 Å². The lowest BCUT2D eigenvalue weighted by molar-refractivity contribution is -0.159. The van der Waals surface area contributed by atoms with Crippen LogP contribution in [-0.4, -0.2) is 43.4 Å². The maximum atomic E-state index is 12.9. The second kappa shape index (κ2) is 7.27. The monoisotopic (exact) mass is 409 g/mol. The third-order valence-corrected chi connectivity index (χ3v) is 6.85. The molecule has 4 aliphatic carbocycles. The van der Waals surface area contributed by atoms with Crippen LogP contribution in [0.3, 0.4) is 0 Å². The first-order valence-electron chi connectivity index (χ1n) is 9.13. The summed E-state index contributed by atoms with van der Waals surface area (Å²) in [5.74, 6) is 0.327. The molecule has 4 rings (SSSR count). The summed E-state index contributed by atoms with van der Waals surface area (Å²) >= 11 is 0. The van der Waals surface area contributed by atoms with E-state index in [2.05, 4.69) is 4.74 Å². The molecule has 0 heterocycles. The highest BCUT2D eigenvalue weighted by Gasteiger charge is 2.51. The zero-order valence-electron chi connectivity index (χ0n) is 14.8. The summed E-state index contributed by atoms with van der Waals surface area (Å²) in [7, 11) is -5.91. The van der Waals surface area contributed by atoms with Crippen LogP contribution in [0.2, 0.25) is 0 Å². The van der Waals surface area contributed by atoms with Gasteiger partial charge in [0.15, 0.2) is 16.7 Å². The highest BCUT2D eigenvalue weighted by Crippen LogP contribution is 2.60. The number of rotatable bonds is 8. The largest absolute Gasteiger partial charge is 0.743 e. The Bertz CT molecular complexity index is 669. The molecule has 0 aliphatic heterocycles. The minimum absolute atomic E-state index is 0.0372. The van der Waals surface area contributed by atoms with Crippen LogP contribution in [-0.2, 0) is 29.2 Å². The highest BCUT2D eigenvalue weighted by atomic mass is 32.2. The van der Waals surface area contributed by atoms with Crippen LogP contribution in [0.5, 0.6) is 0 Å². The SMILES string of the molecule is O=C(CCC(=O)OCC(F)(F)S(=O)(=O)[O-])OCC12CC3CC(CC(C3)C1)C2. The molecule has 0 saturated heterocycles. The van der Waals surface area contributed by atoms with E-state index in [0.29, 0.717) is 24.4 Å². The van der Waals surface area contributed by atoms with Crippen molar-refractivity contribution in [3.05, 3.63) is 0 Å². The first kappa shape index (κ1) is 20.4. The van der Waals surface area contributed by atoms with E-state index in [4.69, 9.17) is 4.74 Å². The van der Waals surface area contributed by atoms with Gasteiger partial charge in [0.25, 0.3) is 0 Å². The van der Waals surface area contributed by atoms with Crippen molar-refractivity contribution >= 4 is 22.1 Å². The molecule has 0 aromatic carbocycles. The minimum atomic E-state index is -5.91. The normalized spacial score (nSPS) is 32.3. The molecule has 0 N–H and O–H groups in total. The Labute approximate surface area is 156 Å². The van der Waals surface area contributed by atoms with Gasteiger partial charge in [-0.25, -0.2) is 8.42 Å². The number of carbonyl (C=O) groups is 2. The van der Waals surface area contributed by atoms with Crippen LogP contribution in [0.1, 0.15) is 51.4 Å². The van der Waals surface area contributed by atoms with Crippen LogP contribution >= 0.6 is 0 Å². The van der Waals surface area contributed by atoms with Crippen molar-refractivity contribution in [1.82, 2.24) is 0 Å². The van der Waals surface area contributed by atoms with E-state index in [1.165, 1.54) is 19.3 Å². The lowest BCUT2D eigenvalue weighted by Crippen LogP contribution is -2.48. The Kier molecular flexibility index (Phi) is 5.51. The summed E-state index contributed by atoms with van der Waals surface area (Å²) in [6, 6.07) is 0. The third kappa shape index (κ3) is 4.77. The maximum absolute atomic E-state index is 12.9. The molecule has 4 saturated carbocycles. The molecule has 154 valence electrons. The van der Waals surface area contributed by atoms with E-state index in [0.717, 1.165) is 19.3 Å². The molecule has 0 spiro atoms. The van der Waals surface area contributed by atoms with Gasteiger partial charge in [0.2, 0.25) is 0 Å². The molecule has 7 nitrogen and oxygen atoms in total. The Morgan fingerprint density at radius 2 is 1.41 bits per heavy atom. The number of carbonyl (C=O) groups excluding carboxylic acids is 2. The number of esters is 2. The lowest BCUT2D eigenvalue weighted by atomic mass is 9.50. The zero-order chi connectivity index (χ0) is 19.9. The summed E-state index contributed by atoms with van der Waals surface area (Å²) < 4.78 is 66.2. The van der Waals surface area contributed by atoms with Gasteiger partial charge in [-0.3, -0.25) is 9.59 Å². The third-order valence-electron chi connectivity index (χ3n) is 6.00. The fraction of sp³-hybridized carbons (Fsp3) is 0.882. The van der Waals surface area contributed by atoms with E-state index in [1.54, 1.807) is 0 Å². The molecule has 0 unspecified atom stereocenters. The van der Waals surface area contributed by atoms with Gasteiger partial charge in [-0.05, 0) is 56.3 Å². The molecule has 0 amide bonds. The number of halogens is 2. The van der Waals surface area contributed by atoms with Gasteiger partial charge < -0.3 is 14.0 Å². The average Bonchev–Trinajstić information content (AvgIpc) is 2.54. The Morgan fingerprint density at radius 1 is 0.963 bits per heavy atom. The summed E-state index contributed by atoms with van der Waals surface area (Å²) in [5, 5.41) is -4.69. The van der Waals surface area contributed by atoms with E-state index >= 15 is 0 Å². The molecule has 4 fully saturated rings. The fourth-order valence-electron chi connectivity index (χ4n) is 5.29. The molecule has 0 aromatic heterocycles. The predicted molar refractivity (Wildman–Crippen MR) is 86.4 cm³/mol. The summed E-state index contributed by atoms with van der Waals surface area (Å²) in [4.78, 5) is 23.3. The number of hydrogen-bond acceptors (Lipinski definition) is 7.